The van der Waals surface area contributed by atoms with Crippen molar-refractivity contribution in [3.8, 4) is 6.07 Å². The van der Waals surface area contributed by atoms with Crippen LogP contribution in [0.25, 0.3) is 0 Å². The highest BCUT2D eigenvalue weighted by Gasteiger charge is 2.23. The molecule has 1 aromatic heterocycles. The van der Waals surface area contributed by atoms with Crippen LogP contribution in [0.4, 0.5) is 5.00 Å². The molecule has 2 aliphatic rings. The van der Waals surface area contributed by atoms with Crippen LogP contribution in [0.2, 0.25) is 0 Å². The number of hydrogen-bond donors (Lipinski definition) is 1. The molecule has 1 aromatic rings. The highest BCUT2D eigenvalue weighted by molar-refractivity contribution is 7.16. The number of nitrogens with zero attached hydrogens (tertiary/aromatic N) is 2. The Morgan fingerprint density at radius 3 is 3.00 bits per heavy atom. The Morgan fingerprint density at radius 1 is 1.41 bits per heavy atom. The Bertz CT molecular complexity index is 602. The first kappa shape index (κ1) is 15.5. The van der Waals surface area contributed by atoms with E-state index in [0.29, 0.717) is 18.0 Å². The summed E-state index contributed by atoms with van der Waals surface area (Å²) in [6.45, 7) is 4.69. The van der Waals surface area contributed by atoms with Crippen molar-refractivity contribution in [3.05, 3.63) is 16.0 Å². The third-order valence-corrected chi connectivity index (χ3v) is 5.85. The van der Waals surface area contributed by atoms with Crippen LogP contribution in [0.1, 0.15) is 48.6 Å². The van der Waals surface area contributed by atoms with Gasteiger partial charge in [0.2, 0.25) is 5.91 Å². The number of likely N-dealkylation sites (tertiary alicyclic amines) is 1. The number of carbonyl (C=O) groups is 1. The Kier molecular flexibility index (Phi) is 4.80. The zero-order chi connectivity index (χ0) is 15.5. The molecule has 1 saturated heterocycles. The van der Waals surface area contributed by atoms with Gasteiger partial charge in [0, 0.05) is 11.4 Å². The second-order valence-corrected chi connectivity index (χ2v) is 7.66. The van der Waals surface area contributed by atoms with Crippen LogP contribution in [-0.2, 0) is 17.6 Å². The molecule has 1 fully saturated rings. The maximum atomic E-state index is 12.3. The number of carbonyl (C=O) groups excluding carboxylic acids is 1. The van der Waals surface area contributed by atoms with Crippen LogP contribution in [-0.4, -0.2) is 30.4 Å². The number of aryl methyl sites for hydroxylation is 1. The van der Waals surface area contributed by atoms with Gasteiger partial charge in [0.25, 0.3) is 0 Å². The fourth-order valence-electron chi connectivity index (χ4n) is 3.57. The summed E-state index contributed by atoms with van der Waals surface area (Å²) in [6, 6.07) is 2.30. The number of hydrogen-bond acceptors (Lipinski definition) is 4. The molecule has 4 nitrogen and oxygen atoms in total. The maximum Gasteiger partial charge on any atom is 0.239 e. The molecule has 0 saturated carbocycles. The number of nitriles is 1. The Labute approximate surface area is 136 Å². The first-order chi connectivity index (χ1) is 10.7. The number of amides is 1. The number of fused-ring (bicyclic) bond motifs is 1. The molecule has 0 aromatic carbocycles. The Balaban J connectivity index is 1.66. The van der Waals surface area contributed by atoms with Gasteiger partial charge in [-0.05, 0) is 56.6 Å². The lowest BCUT2D eigenvalue weighted by atomic mass is 9.96. The lowest BCUT2D eigenvalue weighted by molar-refractivity contribution is -0.117. The van der Waals surface area contributed by atoms with Gasteiger partial charge >= 0.3 is 0 Å². The molecule has 1 amide bonds. The summed E-state index contributed by atoms with van der Waals surface area (Å²) in [5, 5.41) is 13.2. The first-order valence-corrected chi connectivity index (χ1v) is 9.06. The van der Waals surface area contributed by atoms with Gasteiger partial charge < -0.3 is 5.32 Å². The highest BCUT2D eigenvalue weighted by Crippen LogP contribution is 2.37. The molecule has 1 aliphatic heterocycles. The molecule has 5 heteroatoms. The predicted molar refractivity (Wildman–Crippen MR) is 89.1 cm³/mol. The molecule has 22 heavy (non-hydrogen) atoms. The zero-order valence-electron chi connectivity index (χ0n) is 13.2. The van der Waals surface area contributed by atoms with Crippen molar-refractivity contribution in [2.45, 2.75) is 45.4 Å². The van der Waals surface area contributed by atoms with Gasteiger partial charge in [0.05, 0.1) is 12.1 Å². The molecule has 1 aliphatic carbocycles. The van der Waals surface area contributed by atoms with Crippen molar-refractivity contribution in [2.24, 2.45) is 5.92 Å². The molecule has 1 N–H and O–H groups in total. The molecule has 0 bridgehead atoms. The van der Waals surface area contributed by atoms with Crippen molar-refractivity contribution in [1.29, 1.82) is 5.26 Å². The van der Waals surface area contributed by atoms with E-state index in [2.05, 4.69) is 23.2 Å². The monoisotopic (exact) mass is 317 g/mol. The quantitative estimate of drug-likeness (QED) is 0.931. The number of thiophene rings is 1. The maximum absolute atomic E-state index is 12.3. The molecule has 1 unspecified atom stereocenters. The van der Waals surface area contributed by atoms with Gasteiger partial charge in [-0.2, -0.15) is 5.26 Å². The molecule has 0 radical (unpaired) electrons. The normalized spacial score (nSPS) is 21.9. The molecular formula is C17H23N3OS. The number of rotatable bonds is 3. The van der Waals surface area contributed by atoms with Gasteiger partial charge in [0.15, 0.2) is 0 Å². The molecule has 1 atom stereocenters. The van der Waals surface area contributed by atoms with E-state index in [1.807, 2.05) is 0 Å². The highest BCUT2D eigenvalue weighted by atomic mass is 32.1. The minimum Gasteiger partial charge on any atom is -0.315 e. The van der Waals surface area contributed by atoms with Gasteiger partial charge in [-0.3, -0.25) is 9.69 Å². The summed E-state index contributed by atoms with van der Waals surface area (Å²) in [5.74, 6) is 0.689. The Morgan fingerprint density at radius 2 is 2.23 bits per heavy atom. The summed E-state index contributed by atoms with van der Waals surface area (Å²) in [7, 11) is 0. The fraction of sp³-hybridized carbons (Fsp3) is 0.647. The SMILES string of the molecule is CC1CCCN(CC(=O)Nc2sc3c(c2C#N)CCCC3)C1. The van der Waals surface area contributed by atoms with Gasteiger partial charge in [-0.25, -0.2) is 0 Å². The van der Waals surface area contributed by atoms with E-state index in [9.17, 15) is 10.1 Å². The third-order valence-electron chi connectivity index (χ3n) is 4.64. The lowest BCUT2D eigenvalue weighted by Gasteiger charge is -2.30. The average molecular weight is 317 g/mol. The van der Waals surface area contributed by atoms with E-state index < -0.39 is 0 Å². The summed E-state index contributed by atoms with van der Waals surface area (Å²) < 4.78 is 0. The standard InChI is InChI=1S/C17H23N3OS/c1-12-5-4-8-20(10-12)11-16(21)19-17-14(9-18)13-6-2-3-7-15(13)22-17/h12H,2-8,10-11H2,1H3,(H,19,21). The molecule has 2 heterocycles. The van der Waals surface area contributed by atoms with Gasteiger partial charge in [-0.1, -0.05) is 6.92 Å². The lowest BCUT2D eigenvalue weighted by Crippen LogP contribution is -2.39. The van der Waals surface area contributed by atoms with E-state index >= 15 is 0 Å². The van der Waals surface area contributed by atoms with Crippen molar-refractivity contribution in [3.63, 3.8) is 0 Å². The average Bonchev–Trinajstić information content (AvgIpc) is 2.83. The van der Waals surface area contributed by atoms with E-state index in [0.717, 1.165) is 37.4 Å². The minimum atomic E-state index is 0.0178. The smallest absolute Gasteiger partial charge is 0.239 e. The van der Waals surface area contributed by atoms with Crippen molar-refractivity contribution in [1.82, 2.24) is 4.90 Å². The predicted octanol–water partition coefficient (Wildman–Crippen LogP) is 3.17. The molecule has 118 valence electrons. The minimum absolute atomic E-state index is 0.0178. The van der Waals surface area contributed by atoms with Crippen LogP contribution in [0.15, 0.2) is 0 Å². The van der Waals surface area contributed by atoms with Crippen LogP contribution in [0, 0.1) is 17.2 Å². The second-order valence-electron chi connectivity index (χ2n) is 6.56. The second kappa shape index (κ2) is 6.80. The first-order valence-electron chi connectivity index (χ1n) is 8.24. The molecular weight excluding hydrogens is 294 g/mol. The van der Waals surface area contributed by atoms with Crippen LogP contribution in [0.5, 0.6) is 0 Å². The summed E-state index contributed by atoms with van der Waals surface area (Å²) in [4.78, 5) is 15.8. The van der Waals surface area contributed by atoms with E-state index in [1.54, 1.807) is 11.3 Å². The van der Waals surface area contributed by atoms with Crippen LogP contribution < -0.4 is 5.32 Å². The van der Waals surface area contributed by atoms with Gasteiger partial charge in [-0.15, -0.1) is 11.3 Å². The van der Waals surface area contributed by atoms with Crippen molar-refractivity contribution in [2.75, 3.05) is 25.0 Å². The summed E-state index contributed by atoms with van der Waals surface area (Å²) in [6.07, 6.45) is 6.80. The van der Waals surface area contributed by atoms with Crippen molar-refractivity contribution < 1.29 is 4.79 Å². The van der Waals surface area contributed by atoms with E-state index in [1.165, 1.54) is 29.7 Å². The molecule has 0 spiro atoms. The molecule has 3 rings (SSSR count). The van der Waals surface area contributed by atoms with Gasteiger partial charge in [0.1, 0.15) is 11.1 Å². The summed E-state index contributed by atoms with van der Waals surface area (Å²) in [5.41, 5.74) is 1.89. The fourth-order valence-corrected chi connectivity index (χ4v) is 4.83. The van der Waals surface area contributed by atoms with Crippen LogP contribution >= 0.6 is 11.3 Å². The largest absolute Gasteiger partial charge is 0.315 e. The number of nitrogens with one attached hydrogen (secondary N) is 1. The summed E-state index contributed by atoms with van der Waals surface area (Å²) >= 11 is 1.60. The van der Waals surface area contributed by atoms with E-state index in [-0.39, 0.29) is 5.91 Å². The number of anilines is 1. The van der Waals surface area contributed by atoms with Crippen molar-refractivity contribution >= 4 is 22.2 Å². The van der Waals surface area contributed by atoms with Crippen LogP contribution in [0.3, 0.4) is 0 Å². The Hall–Kier alpha value is -1.38. The third kappa shape index (κ3) is 3.34. The van der Waals surface area contributed by atoms with E-state index in [4.69, 9.17) is 0 Å². The zero-order valence-corrected chi connectivity index (χ0v) is 14.0. The number of piperidine rings is 1. The topological polar surface area (TPSA) is 56.1 Å².